The molecule has 0 saturated heterocycles. The van der Waals surface area contributed by atoms with Crippen molar-refractivity contribution in [3.8, 4) is 0 Å². The van der Waals surface area contributed by atoms with Crippen LogP contribution in [0.4, 0.5) is 0 Å². The molecular formula is C10H17NS2. The normalized spacial score (nSPS) is 13.2. The van der Waals surface area contributed by atoms with Crippen molar-refractivity contribution in [2.24, 2.45) is 0 Å². The Morgan fingerprint density at radius 3 is 2.92 bits per heavy atom. The Morgan fingerprint density at radius 2 is 2.38 bits per heavy atom. The first-order valence-electron chi connectivity index (χ1n) is 4.61. The summed E-state index contributed by atoms with van der Waals surface area (Å²) < 4.78 is 0. The van der Waals surface area contributed by atoms with E-state index in [9.17, 15) is 0 Å². The largest absolute Gasteiger partial charge is 0.315 e. The van der Waals surface area contributed by atoms with Gasteiger partial charge in [-0.2, -0.15) is 12.6 Å². The molecule has 1 aromatic heterocycles. The maximum Gasteiger partial charge on any atom is 0.0115 e. The lowest BCUT2D eigenvalue weighted by atomic mass is 10.1. The second kappa shape index (κ2) is 5.68. The molecule has 1 atom stereocenters. The molecule has 0 fully saturated rings. The van der Waals surface area contributed by atoms with E-state index >= 15 is 0 Å². The second-order valence-electron chi connectivity index (χ2n) is 3.30. The Kier molecular flexibility index (Phi) is 4.84. The average molecular weight is 215 g/mol. The third-order valence-electron chi connectivity index (χ3n) is 2.09. The molecule has 0 saturated carbocycles. The zero-order chi connectivity index (χ0) is 9.68. The fourth-order valence-electron chi connectivity index (χ4n) is 1.38. The van der Waals surface area contributed by atoms with Gasteiger partial charge in [-0.3, -0.25) is 0 Å². The van der Waals surface area contributed by atoms with Gasteiger partial charge in [0.15, 0.2) is 0 Å². The highest BCUT2D eigenvalue weighted by Gasteiger charge is 2.08. The Balaban J connectivity index is 2.39. The number of thiophene rings is 1. The molecule has 0 bridgehead atoms. The van der Waals surface area contributed by atoms with Crippen LogP contribution >= 0.6 is 24.0 Å². The van der Waals surface area contributed by atoms with Gasteiger partial charge < -0.3 is 5.32 Å². The maximum atomic E-state index is 4.16. The van der Waals surface area contributed by atoms with Gasteiger partial charge in [-0.25, -0.2) is 0 Å². The van der Waals surface area contributed by atoms with E-state index in [1.807, 2.05) is 11.3 Å². The van der Waals surface area contributed by atoms with Gasteiger partial charge in [-0.05, 0) is 23.9 Å². The van der Waals surface area contributed by atoms with Gasteiger partial charge >= 0.3 is 0 Å². The Morgan fingerprint density at radius 1 is 1.62 bits per heavy atom. The van der Waals surface area contributed by atoms with Crippen molar-refractivity contribution in [3.63, 3.8) is 0 Å². The smallest absolute Gasteiger partial charge is 0.0115 e. The van der Waals surface area contributed by atoms with Gasteiger partial charge in [0.1, 0.15) is 0 Å². The molecule has 0 radical (unpaired) electrons. The minimum absolute atomic E-state index is 0.625. The Hall–Kier alpha value is 0.01000. The summed E-state index contributed by atoms with van der Waals surface area (Å²) >= 11 is 6.02. The van der Waals surface area contributed by atoms with Crippen LogP contribution in [0.5, 0.6) is 0 Å². The molecule has 1 nitrogen and oxygen atoms in total. The van der Waals surface area contributed by atoms with Gasteiger partial charge in [0.25, 0.3) is 0 Å². The lowest BCUT2D eigenvalue weighted by Gasteiger charge is -2.11. The summed E-state index contributed by atoms with van der Waals surface area (Å²) in [5, 5.41) is 5.55. The quantitative estimate of drug-likeness (QED) is 0.568. The molecule has 13 heavy (non-hydrogen) atoms. The predicted octanol–water partition coefficient (Wildman–Crippen LogP) is 2.68. The number of hydrogen-bond acceptors (Lipinski definition) is 3. The first kappa shape index (κ1) is 11.1. The summed E-state index contributed by atoms with van der Waals surface area (Å²) in [6.45, 7) is 6.51. The molecule has 0 amide bonds. The van der Waals surface area contributed by atoms with Crippen LogP contribution in [0.1, 0.15) is 23.3 Å². The topological polar surface area (TPSA) is 12.0 Å². The number of aryl methyl sites for hydroxylation is 1. The lowest BCUT2D eigenvalue weighted by molar-refractivity contribution is 0.643. The molecule has 74 valence electrons. The molecule has 1 rings (SSSR count). The summed E-state index contributed by atoms with van der Waals surface area (Å²) in [6.07, 6.45) is 0. The monoisotopic (exact) mass is 215 g/mol. The molecule has 1 heterocycles. The highest BCUT2D eigenvalue weighted by atomic mass is 32.1. The molecule has 0 spiro atoms. The van der Waals surface area contributed by atoms with Crippen LogP contribution in [0.15, 0.2) is 11.4 Å². The highest BCUT2D eigenvalue weighted by molar-refractivity contribution is 7.80. The minimum Gasteiger partial charge on any atom is -0.315 e. The number of rotatable bonds is 5. The summed E-state index contributed by atoms with van der Waals surface area (Å²) in [7, 11) is 0. The molecule has 3 heteroatoms. The van der Waals surface area contributed by atoms with Crippen LogP contribution in [0.2, 0.25) is 0 Å². The molecule has 0 aliphatic rings. The van der Waals surface area contributed by atoms with E-state index in [1.165, 1.54) is 10.4 Å². The fourth-order valence-corrected chi connectivity index (χ4v) is 2.53. The van der Waals surface area contributed by atoms with Gasteiger partial charge in [0.05, 0.1) is 0 Å². The minimum atomic E-state index is 0.625. The molecule has 0 aliphatic heterocycles. The van der Waals surface area contributed by atoms with Gasteiger partial charge in [-0.1, -0.05) is 6.92 Å². The SMILES string of the molecule is Cc1ccsc1C(C)CNCCS. The van der Waals surface area contributed by atoms with Crippen LogP contribution in [-0.4, -0.2) is 18.8 Å². The van der Waals surface area contributed by atoms with E-state index in [2.05, 4.69) is 43.2 Å². The van der Waals surface area contributed by atoms with Crippen molar-refractivity contribution in [2.45, 2.75) is 19.8 Å². The van der Waals surface area contributed by atoms with E-state index in [0.29, 0.717) is 5.92 Å². The summed E-state index contributed by atoms with van der Waals surface area (Å²) in [4.78, 5) is 1.51. The van der Waals surface area contributed by atoms with Crippen LogP contribution in [0, 0.1) is 6.92 Å². The standard InChI is InChI=1S/C10H17NS2/c1-8-3-6-13-10(8)9(2)7-11-4-5-12/h3,6,9,11-12H,4-5,7H2,1-2H3. The van der Waals surface area contributed by atoms with E-state index < -0.39 is 0 Å². The summed E-state index contributed by atoms with van der Waals surface area (Å²) in [5.74, 6) is 1.54. The molecule has 1 N–H and O–H groups in total. The van der Waals surface area contributed by atoms with Crippen LogP contribution in [0.25, 0.3) is 0 Å². The van der Waals surface area contributed by atoms with Crippen LogP contribution < -0.4 is 5.32 Å². The number of nitrogens with one attached hydrogen (secondary N) is 1. The van der Waals surface area contributed by atoms with Crippen molar-refractivity contribution in [2.75, 3.05) is 18.8 Å². The molecule has 0 aromatic carbocycles. The van der Waals surface area contributed by atoms with Gasteiger partial charge in [-0.15, -0.1) is 11.3 Å². The van der Waals surface area contributed by atoms with Crippen LogP contribution in [0.3, 0.4) is 0 Å². The van der Waals surface area contributed by atoms with Crippen LogP contribution in [-0.2, 0) is 0 Å². The highest BCUT2D eigenvalue weighted by Crippen LogP contribution is 2.24. The van der Waals surface area contributed by atoms with Crippen molar-refractivity contribution < 1.29 is 0 Å². The second-order valence-corrected chi connectivity index (χ2v) is 4.69. The molecule has 0 aliphatic carbocycles. The first-order valence-corrected chi connectivity index (χ1v) is 6.12. The summed E-state index contributed by atoms with van der Waals surface area (Å²) in [5.41, 5.74) is 1.42. The first-order chi connectivity index (χ1) is 6.25. The Labute approximate surface area is 90.0 Å². The molecule has 1 aromatic rings. The predicted molar refractivity (Wildman–Crippen MR) is 64.2 cm³/mol. The number of thiol groups is 1. The van der Waals surface area contributed by atoms with E-state index in [1.54, 1.807) is 0 Å². The fraction of sp³-hybridized carbons (Fsp3) is 0.600. The average Bonchev–Trinajstić information content (AvgIpc) is 2.52. The third kappa shape index (κ3) is 3.33. The van der Waals surface area contributed by atoms with E-state index in [0.717, 1.165) is 18.8 Å². The molecule has 1 unspecified atom stereocenters. The third-order valence-corrected chi connectivity index (χ3v) is 3.56. The maximum absolute atomic E-state index is 4.16. The van der Waals surface area contributed by atoms with Crippen molar-refractivity contribution >= 4 is 24.0 Å². The Bertz CT molecular complexity index is 245. The lowest BCUT2D eigenvalue weighted by Crippen LogP contribution is -2.21. The summed E-state index contributed by atoms with van der Waals surface area (Å²) in [6, 6.07) is 2.19. The molecular weight excluding hydrogens is 198 g/mol. The van der Waals surface area contributed by atoms with Crippen molar-refractivity contribution in [1.29, 1.82) is 0 Å². The zero-order valence-corrected chi connectivity index (χ0v) is 9.92. The number of hydrogen-bond donors (Lipinski definition) is 2. The van der Waals surface area contributed by atoms with Gasteiger partial charge in [0.2, 0.25) is 0 Å². The van der Waals surface area contributed by atoms with Gasteiger partial charge in [0, 0.05) is 29.6 Å². The van der Waals surface area contributed by atoms with E-state index in [-0.39, 0.29) is 0 Å². The van der Waals surface area contributed by atoms with Crippen molar-refractivity contribution in [1.82, 2.24) is 5.32 Å². The van der Waals surface area contributed by atoms with Crippen molar-refractivity contribution in [3.05, 3.63) is 21.9 Å². The van der Waals surface area contributed by atoms with E-state index in [4.69, 9.17) is 0 Å². The zero-order valence-electron chi connectivity index (χ0n) is 8.21.